The minimum Gasteiger partial charge on any atom is -0.508 e. The molecule has 1 fully saturated rings. The lowest BCUT2D eigenvalue weighted by Crippen LogP contribution is -2.14. The van der Waals surface area contributed by atoms with Crippen LogP contribution in [0.4, 0.5) is 0 Å². The Balaban J connectivity index is 2.19. The number of aromatic hydroxyl groups is 1. The molecule has 0 radical (unpaired) electrons. The third-order valence-corrected chi connectivity index (χ3v) is 3.26. The van der Waals surface area contributed by atoms with Gasteiger partial charge in [0.1, 0.15) is 5.75 Å². The summed E-state index contributed by atoms with van der Waals surface area (Å²) in [5.41, 5.74) is 2.06. The number of rotatable bonds is 1. The summed E-state index contributed by atoms with van der Waals surface area (Å²) in [7, 11) is 0. The van der Waals surface area contributed by atoms with E-state index in [1.807, 2.05) is 17.7 Å². The van der Waals surface area contributed by atoms with Crippen molar-refractivity contribution in [3.8, 4) is 5.75 Å². The van der Waals surface area contributed by atoms with Gasteiger partial charge in [0, 0.05) is 18.0 Å². The number of phenols is 1. The first-order valence-electron chi connectivity index (χ1n) is 5.64. The van der Waals surface area contributed by atoms with Crippen molar-refractivity contribution in [1.82, 2.24) is 15.1 Å². The molecule has 0 bridgehead atoms. The summed E-state index contributed by atoms with van der Waals surface area (Å²) in [6.45, 7) is 4.02. The van der Waals surface area contributed by atoms with Crippen LogP contribution in [0.1, 0.15) is 18.2 Å². The van der Waals surface area contributed by atoms with Gasteiger partial charge in [0.15, 0.2) is 0 Å². The molecule has 2 N–H and O–H groups in total. The molecule has 1 saturated heterocycles. The van der Waals surface area contributed by atoms with Crippen LogP contribution < -0.4 is 5.32 Å². The van der Waals surface area contributed by atoms with Crippen molar-refractivity contribution in [3.63, 3.8) is 0 Å². The summed E-state index contributed by atoms with van der Waals surface area (Å²) in [5.74, 6) is 0.305. The normalized spacial score (nSPS) is 20.7. The van der Waals surface area contributed by atoms with Crippen molar-refractivity contribution in [2.24, 2.45) is 0 Å². The molecule has 84 valence electrons. The van der Waals surface area contributed by atoms with Crippen LogP contribution in [0, 0.1) is 6.92 Å². The van der Waals surface area contributed by atoms with Crippen LogP contribution in [0.2, 0.25) is 0 Å². The summed E-state index contributed by atoms with van der Waals surface area (Å²) in [6.07, 6.45) is 1.10. The number of phenolic OH excluding ortho intramolecular Hbond substituents is 1. The maximum Gasteiger partial charge on any atom is 0.117 e. The van der Waals surface area contributed by atoms with Gasteiger partial charge in [-0.2, -0.15) is 5.10 Å². The van der Waals surface area contributed by atoms with Crippen molar-refractivity contribution in [1.29, 1.82) is 0 Å². The summed E-state index contributed by atoms with van der Waals surface area (Å²) in [6, 6.07) is 5.87. The van der Waals surface area contributed by atoms with E-state index < -0.39 is 0 Å². The average molecular weight is 217 g/mol. The molecule has 1 aliphatic heterocycles. The quantitative estimate of drug-likeness (QED) is 0.762. The van der Waals surface area contributed by atoms with Gasteiger partial charge in [-0.1, -0.05) is 0 Å². The molecule has 1 atom stereocenters. The van der Waals surface area contributed by atoms with Crippen LogP contribution in [0.5, 0.6) is 5.75 Å². The summed E-state index contributed by atoms with van der Waals surface area (Å²) in [5, 5.41) is 18.6. The number of nitrogens with zero attached hydrogens (tertiary/aromatic N) is 2. The fourth-order valence-electron chi connectivity index (χ4n) is 2.41. The van der Waals surface area contributed by atoms with Crippen molar-refractivity contribution < 1.29 is 5.11 Å². The molecule has 1 unspecified atom stereocenters. The fraction of sp³-hybridized carbons (Fsp3) is 0.417. The van der Waals surface area contributed by atoms with Gasteiger partial charge in [-0.05, 0) is 32.0 Å². The van der Waals surface area contributed by atoms with E-state index in [1.165, 1.54) is 0 Å². The number of benzene rings is 1. The Bertz CT molecular complexity index is 526. The van der Waals surface area contributed by atoms with Gasteiger partial charge in [-0.3, -0.25) is 4.68 Å². The van der Waals surface area contributed by atoms with E-state index in [9.17, 15) is 5.11 Å². The van der Waals surface area contributed by atoms with Crippen molar-refractivity contribution in [2.45, 2.75) is 19.4 Å². The predicted molar refractivity (Wildman–Crippen MR) is 62.7 cm³/mol. The molecule has 4 heteroatoms. The number of hydrogen-bond donors (Lipinski definition) is 2. The van der Waals surface area contributed by atoms with Gasteiger partial charge in [-0.25, -0.2) is 0 Å². The lowest BCUT2D eigenvalue weighted by atomic mass is 10.2. The molecular formula is C12H15N3O. The Morgan fingerprint density at radius 1 is 1.50 bits per heavy atom. The molecule has 1 aliphatic rings. The first-order valence-corrected chi connectivity index (χ1v) is 5.64. The highest BCUT2D eigenvalue weighted by Gasteiger charge is 2.20. The molecule has 3 rings (SSSR count). The summed E-state index contributed by atoms with van der Waals surface area (Å²) in [4.78, 5) is 0. The second kappa shape index (κ2) is 3.49. The number of fused-ring (bicyclic) bond motifs is 1. The Morgan fingerprint density at radius 3 is 3.12 bits per heavy atom. The molecule has 16 heavy (non-hydrogen) atoms. The average Bonchev–Trinajstić information content (AvgIpc) is 2.86. The van der Waals surface area contributed by atoms with Crippen LogP contribution in [0.15, 0.2) is 18.2 Å². The van der Waals surface area contributed by atoms with Gasteiger partial charge < -0.3 is 10.4 Å². The SMILES string of the molecule is Cc1nn(C2CCNC2)c2cc(O)ccc12. The molecule has 2 heterocycles. The highest BCUT2D eigenvalue weighted by Crippen LogP contribution is 2.27. The van der Waals surface area contributed by atoms with Crippen LogP contribution in [0.3, 0.4) is 0 Å². The first-order chi connectivity index (χ1) is 7.75. The summed E-state index contributed by atoms with van der Waals surface area (Å²) < 4.78 is 2.05. The van der Waals surface area contributed by atoms with E-state index in [-0.39, 0.29) is 0 Å². The zero-order valence-electron chi connectivity index (χ0n) is 9.27. The Kier molecular flexibility index (Phi) is 2.11. The second-order valence-electron chi connectivity index (χ2n) is 4.38. The topological polar surface area (TPSA) is 50.1 Å². The highest BCUT2D eigenvalue weighted by molar-refractivity contribution is 5.83. The van der Waals surface area contributed by atoms with Crippen LogP contribution >= 0.6 is 0 Å². The van der Waals surface area contributed by atoms with Crippen LogP contribution in [-0.4, -0.2) is 28.0 Å². The molecule has 2 aromatic rings. The molecule has 1 aromatic heterocycles. The standard InChI is InChI=1S/C12H15N3O/c1-8-11-3-2-10(16)6-12(11)15(14-8)9-4-5-13-7-9/h2-3,6,9,13,16H,4-5,7H2,1H3. The zero-order valence-corrected chi connectivity index (χ0v) is 9.27. The largest absolute Gasteiger partial charge is 0.508 e. The van der Waals surface area contributed by atoms with Crippen molar-refractivity contribution >= 4 is 10.9 Å². The van der Waals surface area contributed by atoms with Gasteiger partial charge in [0.05, 0.1) is 17.3 Å². The third-order valence-electron chi connectivity index (χ3n) is 3.26. The maximum atomic E-state index is 9.55. The molecule has 0 spiro atoms. The van der Waals surface area contributed by atoms with E-state index in [0.717, 1.165) is 36.1 Å². The predicted octanol–water partition coefficient (Wildman–Crippen LogP) is 1.58. The Hall–Kier alpha value is -1.55. The molecule has 4 nitrogen and oxygen atoms in total. The number of hydrogen-bond acceptors (Lipinski definition) is 3. The molecular weight excluding hydrogens is 202 g/mol. The third kappa shape index (κ3) is 1.38. The number of aromatic nitrogens is 2. The van der Waals surface area contributed by atoms with Gasteiger partial charge in [0.25, 0.3) is 0 Å². The lowest BCUT2D eigenvalue weighted by molar-refractivity contribution is 0.473. The van der Waals surface area contributed by atoms with E-state index in [0.29, 0.717) is 11.8 Å². The number of nitrogens with one attached hydrogen (secondary N) is 1. The minimum absolute atomic E-state index is 0.305. The van der Waals surface area contributed by atoms with E-state index in [4.69, 9.17) is 0 Å². The van der Waals surface area contributed by atoms with Crippen molar-refractivity contribution in [3.05, 3.63) is 23.9 Å². The zero-order chi connectivity index (χ0) is 11.1. The van der Waals surface area contributed by atoms with Crippen molar-refractivity contribution in [2.75, 3.05) is 13.1 Å². The summed E-state index contributed by atoms with van der Waals surface area (Å²) >= 11 is 0. The Morgan fingerprint density at radius 2 is 2.38 bits per heavy atom. The van der Waals surface area contributed by atoms with Gasteiger partial charge >= 0.3 is 0 Å². The smallest absolute Gasteiger partial charge is 0.117 e. The molecule has 1 aromatic carbocycles. The van der Waals surface area contributed by atoms with Gasteiger partial charge in [0.2, 0.25) is 0 Å². The molecule has 0 saturated carbocycles. The minimum atomic E-state index is 0.305. The van der Waals surface area contributed by atoms with Crippen LogP contribution in [-0.2, 0) is 0 Å². The van der Waals surface area contributed by atoms with E-state index >= 15 is 0 Å². The lowest BCUT2D eigenvalue weighted by Gasteiger charge is -2.10. The van der Waals surface area contributed by atoms with E-state index in [1.54, 1.807) is 12.1 Å². The first kappa shape index (κ1) is 9.66. The second-order valence-corrected chi connectivity index (χ2v) is 4.38. The van der Waals surface area contributed by atoms with Gasteiger partial charge in [-0.15, -0.1) is 0 Å². The Labute approximate surface area is 93.9 Å². The highest BCUT2D eigenvalue weighted by atomic mass is 16.3. The van der Waals surface area contributed by atoms with E-state index in [2.05, 4.69) is 10.4 Å². The monoisotopic (exact) mass is 217 g/mol. The van der Waals surface area contributed by atoms with Crippen LogP contribution in [0.25, 0.3) is 10.9 Å². The molecule has 0 amide bonds. The maximum absolute atomic E-state index is 9.55. The molecule has 0 aliphatic carbocycles. The number of aryl methyl sites for hydroxylation is 1. The fourth-order valence-corrected chi connectivity index (χ4v) is 2.41.